The zero-order chi connectivity index (χ0) is 22.7. The summed E-state index contributed by atoms with van der Waals surface area (Å²) in [6.07, 6.45) is 2.96. The van der Waals surface area contributed by atoms with Gasteiger partial charge >= 0.3 is 5.97 Å². The molecule has 0 unspecified atom stereocenters. The van der Waals surface area contributed by atoms with Crippen LogP contribution in [0.25, 0.3) is 0 Å². The molecule has 9 nitrogen and oxygen atoms in total. The van der Waals surface area contributed by atoms with Crippen molar-refractivity contribution in [3.63, 3.8) is 0 Å². The number of rotatable bonds is 7. The zero-order valence-electron chi connectivity index (χ0n) is 18.3. The van der Waals surface area contributed by atoms with Gasteiger partial charge in [-0.05, 0) is 26.0 Å². The van der Waals surface area contributed by atoms with Crippen molar-refractivity contribution in [3.05, 3.63) is 56.9 Å². The van der Waals surface area contributed by atoms with Crippen LogP contribution in [0.4, 0.5) is 0 Å². The second-order valence-corrected chi connectivity index (χ2v) is 8.30. The largest absolute Gasteiger partial charge is 0.480 e. The molecule has 168 valence electrons. The minimum absolute atomic E-state index is 0.191. The lowest BCUT2D eigenvalue weighted by molar-refractivity contribution is 0.0513. The average Bonchev–Trinajstić information content (AvgIpc) is 3.39. The van der Waals surface area contributed by atoms with Gasteiger partial charge in [0, 0.05) is 48.3 Å². The molecule has 1 aliphatic rings. The number of carbonyl (C=O) groups excluding carboxylic acids is 2. The number of aryl methyl sites for hydroxylation is 3. The summed E-state index contributed by atoms with van der Waals surface area (Å²) >= 11 is 1.62. The van der Waals surface area contributed by atoms with Crippen molar-refractivity contribution in [3.8, 4) is 5.88 Å². The van der Waals surface area contributed by atoms with Gasteiger partial charge < -0.3 is 14.4 Å². The summed E-state index contributed by atoms with van der Waals surface area (Å²) in [6, 6.07) is 3.39. The van der Waals surface area contributed by atoms with Crippen LogP contribution < -0.4 is 4.74 Å². The molecule has 0 atom stereocenters. The molecule has 10 heteroatoms. The Balaban J connectivity index is 1.62. The third-order valence-electron chi connectivity index (χ3n) is 5.48. The number of aromatic nitrogens is 4. The van der Waals surface area contributed by atoms with Crippen molar-refractivity contribution >= 4 is 23.2 Å². The van der Waals surface area contributed by atoms with Gasteiger partial charge in [0.25, 0.3) is 5.91 Å². The van der Waals surface area contributed by atoms with Crippen LogP contribution in [0.3, 0.4) is 0 Å². The highest BCUT2D eigenvalue weighted by Gasteiger charge is 2.32. The van der Waals surface area contributed by atoms with E-state index in [1.54, 1.807) is 41.5 Å². The number of esters is 1. The summed E-state index contributed by atoms with van der Waals surface area (Å²) in [5.41, 5.74) is 5.24. The summed E-state index contributed by atoms with van der Waals surface area (Å²) in [6.45, 7) is 5.44. The molecule has 0 bridgehead atoms. The van der Waals surface area contributed by atoms with Crippen LogP contribution in [-0.2, 0) is 30.7 Å². The smallest absolute Gasteiger partial charge is 0.359 e. The predicted octanol–water partition coefficient (Wildman–Crippen LogP) is 2.67. The minimum Gasteiger partial charge on any atom is -0.480 e. The molecule has 32 heavy (non-hydrogen) atoms. The molecule has 0 spiro atoms. The van der Waals surface area contributed by atoms with Gasteiger partial charge in [0.1, 0.15) is 5.56 Å². The van der Waals surface area contributed by atoms with Crippen LogP contribution in [-0.4, -0.2) is 56.8 Å². The summed E-state index contributed by atoms with van der Waals surface area (Å²) in [7, 11) is 1.49. The van der Waals surface area contributed by atoms with Crippen molar-refractivity contribution in [1.29, 1.82) is 0 Å². The molecular formula is C22H25N5O4S. The number of fused-ring (bicyclic) bond motifs is 1. The Labute approximate surface area is 190 Å². The van der Waals surface area contributed by atoms with Gasteiger partial charge in [0.2, 0.25) is 5.88 Å². The Morgan fingerprint density at radius 2 is 2.12 bits per heavy atom. The maximum Gasteiger partial charge on any atom is 0.359 e. The topological polar surface area (TPSA) is 99.4 Å². The van der Waals surface area contributed by atoms with E-state index >= 15 is 0 Å². The number of ether oxygens (including phenoxy) is 2. The second-order valence-electron chi connectivity index (χ2n) is 7.37. The summed E-state index contributed by atoms with van der Waals surface area (Å²) < 4.78 is 12.4. The van der Waals surface area contributed by atoms with Gasteiger partial charge in [-0.3, -0.25) is 9.48 Å². The normalized spacial score (nSPS) is 13.0. The lowest BCUT2D eigenvalue weighted by Gasteiger charge is -2.28. The zero-order valence-corrected chi connectivity index (χ0v) is 19.1. The van der Waals surface area contributed by atoms with E-state index in [0.717, 1.165) is 23.4 Å². The van der Waals surface area contributed by atoms with Crippen LogP contribution >= 0.6 is 11.3 Å². The van der Waals surface area contributed by atoms with Crippen molar-refractivity contribution in [2.45, 2.75) is 39.8 Å². The Bertz CT molecular complexity index is 1140. The Morgan fingerprint density at radius 1 is 1.28 bits per heavy atom. The summed E-state index contributed by atoms with van der Waals surface area (Å²) in [5.74, 6) is -0.377. The number of pyridine rings is 1. The quantitative estimate of drug-likeness (QED) is 0.505. The number of thiazole rings is 1. The van der Waals surface area contributed by atoms with Crippen molar-refractivity contribution in [1.82, 2.24) is 24.6 Å². The molecule has 0 aliphatic carbocycles. The average molecular weight is 456 g/mol. The third-order valence-corrected chi connectivity index (χ3v) is 6.48. The number of methoxy groups -OCH3 is 1. The molecule has 0 saturated heterocycles. The van der Waals surface area contributed by atoms with Crippen molar-refractivity contribution in [2.24, 2.45) is 0 Å². The van der Waals surface area contributed by atoms with Crippen LogP contribution in [0.1, 0.15) is 49.6 Å². The molecule has 4 rings (SSSR count). The molecular weight excluding hydrogens is 430 g/mol. The molecule has 0 aromatic carbocycles. The molecule has 0 N–H and O–H groups in total. The molecule has 3 aromatic rings. The van der Waals surface area contributed by atoms with Gasteiger partial charge in [-0.15, -0.1) is 11.3 Å². The van der Waals surface area contributed by atoms with Gasteiger partial charge in [-0.1, -0.05) is 0 Å². The first-order valence-electron chi connectivity index (χ1n) is 10.5. The van der Waals surface area contributed by atoms with Crippen LogP contribution in [0, 0.1) is 6.92 Å². The van der Waals surface area contributed by atoms with E-state index < -0.39 is 5.97 Å². The number of amides is 1. The summed E-state index contributed by atoms with van der Waals surface area (Å²) in [5, 5.41) is 4.59. The maximum atomic E-state index is 13.2. The number of hydrogen-bond acceptors (Lipinski definition) is 8. The van der Waals surface area contributed by atoms with Gasteiger partial charge in [-0.2, -0.15) is 5.10 Å². The van der Waals surface area contributed by atoms with E-state index in [1.165, 1.54) is 12.0 Å². The van der Waals surface area contributed by atoms with E-state index in [0.29, 0.717) is 25.1 Å². The minimum atomic E-state index is -0.468. The van der Waals surface area contributed by atoms with E-state index in [-0.39, 0.29) is 30.6 Å². The molecule has 0 fully saturated rings. The highest BCUT2D eigenvalue weighted by atomic mass is 32.1. The first-order valence-corrected chi connectivity index (χ1v) is 11.3. The Kier molecular flexibility index (Phi) is 6.50. The van der Waals surface area contributed by atoms with E-state index in [2.05, 4.69) is 15.1 Å². The lowest BCUT2D eigenvalue weighted by Crippen LogP contribution is -2.37. The monoisotopic (exact) mass is 455 g/mol. The highest BCUT2D eigenvalue weighted by Crippen LogP contribution is 2.27. The first-order chi connectivity index (χ1) is 15.5. The maximum absolute atomic E-state index is 13.2. The van der Waals surface area contributed by atoms with Crippen LogP contribution in [0.5, 0.6) is 5.88 Å². The number of carbonyl (C=O) groups is 2. The molecule has 0 saturated carbocycles. The second kappa shape index (κ2) is 9.47. The molecule has 1 aliphatic heterocycles. The molecule has 0 radical (unpaired) electrons. The van der Waals surface area contributed by atoms with E-state index in [9.17, 15) is 9.59 Å². The van der Waals surface area contributed by atoms with E-state index in [1.807, 2.05) is 17.1 Å². The van der Waals surface area contributed by atoms with Gasteiger partial charge in [0.05, 0.1) is 31.5 Å². The first kappa shape index (κ1) is 21.9. The fourth-order valence-corrected chi connectivity index (χ4v) is 4.64. The van der Waals surface area contributed by atoms with E-state index in [4.69, 9.17) is 9.47 Å². The van der Waals surface area contributed by atoms with Crippen LogP contribution in [0.2, 0.25) is 0 Å². The predicted molar refractivity (Wildman–Crippen MR) is 118 cm³/mol. The summed E-state index contributed by atoms with van der Waals surface area (Å²) in [4.78, 5) is 37.1. The standard InChI is InChI=1S/C22H25N5O4S/c1-4-31-22(29)19-16-12-26(21(28)15-6-5-9-23-20(15)30-3)10-7-17(16)27(25-19)11-8-18-14(2)24-13-32-18/h5-6,9,13H,4,7-8,10-12H2,1-3H3. The van der Waals surface area contributed by atoms with Gasteiger partial charge in [0.15, 0.2) is 5.69 Å². The number of nitrogens with zero attached hydrogens (tertiary/aromatic N) is 5. The van der Waals surface area contributed by atoms with Crippen LogP contribution in [0.15, 0.2) is 23.8 Å². The van der Waals surface area contributed by atoms with Gasteiger partial charge in [-0.25, -0.2) is 14.8 Å². The fourth-order valence-electron chi connectivity index (χ4n) is 3.87. The third kappa shape index (κ3) is 4.22. The Morgan fingerprint density at radius 3 is 2.84 bits per heavy atom. The fraction of sp³-hybridized carbons (Fsp3) is 0.409. The van der Waals surface area contributed by atoms with Crippen molar-refractivity contribution in [2.75, 3.05) is 20.3 Å². The Hall–Kier alpha value is -3.27. The van der Waals surface area contributed by atoms with Crippen molar-refractivity contribution < 1.29 is 19.1 Å². The highest BCUT2D eigenvalue weighted by molar-refractivity contribution is 7.09. The molecule has 3 aromatic heterocycles. The number of hydrogen-bond donors (Lipinski definition) is 0. The SMILES string of the molecule is CCOC(=O)c1nn(CCc2scnc2C)c2c1CN(C(=O)c1cccnc1OC)CC2. The lowest BCUT2D eigenvalue weighted by atomic mass is 10.0. The molecule has 4 heterocycles. The molecule has 1 amide bonds.